The molecule has 0 radical (unpaired) electrons. The number of aromatic hydroxyl groups is 1. The molecular weight excluding hydrogens is 206 g/mol. The van der Waals surface area contributed by atoms with E-state index in [1.54, 1.807) is 0 Å². The molecule has 0 atom stereocenters. The Labute approximate surface area is 85.3 Å². The number of carbonyl (C=O) groups excluding carboxylic acids is 1. The SMILES string of the molecule is CC(=O)Cc1cccc(OC(F)F)c1O. The van der Waals surface area contributed by atoms with Crippen LogP contribution in [-0.4, -0.2) is 17.5 Å². The van der Waals surface area contributed by atoms with Crippen molar-refractivity contribution in [2.45, 2.75) is 20.0 Å². The van der Waals surface area contributed by atoms with Crippen molar-refractivity contribution in [1.29, 1.82) is 0 Å². The molecule has 15 heavy (non-hydrogen) atoms. The smallest absolute Gasteiger partial charge is 0.387 e. The number of rotatable bonds is 4. The highest BCUT2D eigenvalue weighted by molar-refractivity contribution is 5.79. The van der Waals surface area contributed by atoms with Crippen molar-refractivity contribution in [3.05, 3.63) is 23.8 Å². The number of hydrogen-bond donors (Lipinski definition) is 1. The van der Waals surface area contributed by atoms with E-state index in [1.165, 1.54) is 25.1 Å². The van der Waals surface area contributed by atoms with Crippen LogP contribution in [0.25, 0.3) is 0 Å². The van der Waals surface area contributed by atoms with E-state index >= 15 is 0 Å². The molecule has 3 nitrogen and oxygen atoms in total. The van der Waals surface area contributed by atoms with E-state index in [-0.39, 0.29) is 23.5 Å². The molecule has 0 aliphatic rings. The minimum Gasteiger partial charge on any atom is -0.504 e. The fourth-order valence-corrected chi connectivity index (χ4v) is 1.17. The quantitative estimate of drug-likeness (QED) is 0.838. The molecule has 0 bridgehead atoms. The Morgan fingerprint density at radius 3 is 2.73 bits per heavy atom. The predicted octanol–water partition coefficient (Wildman–Crippen LogP) is 2.13. The summed E-state index contributed by atoms with van der Waals surface area (Å²) in [4.78, 5) is 10.8. The van der Waals surface area contributed by atoms with Crippen LogP contribution >= 0.6 is 0 Å². The van der Waals surface area contributed by atoms with E-state index in [4.69, 9.17) is 0 Å². The number of benzene rings is 1. The summed E-state index contributed by atoms with van der Waals surface area (Å²) in [5, 5.41) is 9.48. The van der Waals surface area contributed by atoms with Gasteiger partial charge in [-0.2, -0.15) is 8.78 Å². The van der Waals surface area contributed by atoms with Crippen LogP contribution in [0.4, 0.5) is 8.78 Å². The van der Waals surface area contributed by atoms with Gasteiger partial charge in [0.2, 0.25) is 0 Å². The molecule has 1 aromatic rings. The molecule has 5 heteroatoms. The Morgan fingerprint density at radius 2 is 2.20 bits per heavy atom. The second kappa shape index (κ2) is 4.72. The van der Waals surface area contributed by atoms with Crippen molar-refractivity contribution in [2.75, 3.05) is 0 Å². The molecule has 0 unspecified atom stereocenters. The number of ether oxygens (including phenoxy) is 1. The minimum absolute atomic E-state index is 0.00767. The van der Waals surface area contributed by atoms with E-state index in [9.17, 15) is 18.7 Å². The van der Waals surface area contributed by atoms with Gasteiger partial charge in [0.1, 0.15) is 5.78 Å². The number of phenols is 1. The summed E-state index contributed by atoms with van der Waals surface area (Å²) >= 11 is 0. The standard InChI is InChI=1S/C10H10F2O3/c1-6(13)5-7-3-2-4-8(9(7)14)15-10(11)12/h2-4,10,14H,5H2,1H3. The third-order valence-corrected chi connectivity index (χ3v) is 1.74. The Balaban J connectivity index is 2.95. The van der Waals surface area contributed by atoms with Gasteiger partial charge in [0.15, 0.2) is 11.5 Å². The van der Waals surface area contributed by atoms with E-state index in [0.29, 0.717) is 0 Å². The highest BCUT2D eigenvalue weighted by Crippen LogP contribution is 2.31. The number of carbonyl (C=O) groups is 1. The van der Waals surface area contributed by atoms with Crippen molar-refractivity contribution in [3.63, 3.8) is 0 Å². The fraction of sp³-hybridized carbons (Fsp3) is 0.300. The molecule has 0 saturated heterocycles. The monoisotopic (exact) mass is 216 g/mol. The molecule has 82 valence electrons. The average molecular weight is 216 g/mol. The first-order chi connectivity index (χ1) is 7.00. The lowest BCUT2D eigenvalue weighted by molar-refractivity contribution is -0.116. The van der Waals surface area contributed by atoms with Gasteiger partial charge in [-0.05, 0) is 13.0 Å². The van der Waals surface area contributed by atoms with E-state index < -0.39 is 12.4 Å². The van der Waals surface area contributed by atoms with Crippen molar-refractivity contribution in [3.8, 4) is 11.5 Å². The zero-order valence-corrected chi connectivity index (χ0v) is 8.04. The van der Waals surface area contributed by atoms with Crippen LogP contribution in [0, 0.1) is 0 Å². The topological polar surface area (TPSA) is 46.5 Å². The zero-order valence-electron chi connectivity index (χ0n) is 8.04. The van der Waals surface area contributed by atoms with Gasteiger partial charge in [-0.15, -0.1) is 0 Å². The maximum absolute atomic E-state index is 11.9. The largest absolute Gasteiger partial charge is 0.504 e. The maximum Gasteiger partial charge on any atom is 0.387 e. The van der Waals surface area contributed by atoms with Gasteiger partial charge in [0.25, 0.3) is 0 Å². The van der Waals surface area contributed by atoms with E-state index in [2.05, 4.69) is 4.74 Å². The number of hydrogen-bond acceptors (Lipinski definition) is 3. The number of halogens is 2. The molecule has 1 rings (SSSR count). The van der Waals surface area contributed by atoms with Gasteiger partial charge >= 0.3 is 6.61 Å². The molecule has 0 aliphatic carbocycles. The summed E-state index contributed by atoms with van der Waals surface area (Å²) in [6, 6.07) is 4.13. The van der Waals surface area contributed by atoms with Crippen LogP contribution in [-0.2, 0) is 11.2 Å². The first-order valence-corrected chi connectivity index (χ1v) is 4.26. The third-order valence-electron chi connectivity index (χ3n) is 1.74. The Morgan fingerprint density at radius 1 is 1.53 bits per heavy atom. The minimum atomic E-state index is -3.00. The zero-order chi connectivity index (χ0) is 11.4. The van der Waals surface area contributed by atoms with E-state index in [0.717, 1.165) is 0 Å². The van der Waals surface area contributed by atoms with E-state index in [1.807, 2.05) is 0 Å². The Hall–Kier alpha value is -1.65. The summed E-state index contributed by atoms with van der Waals surface area (Å²) in [5.41, 5.74) is 0.278. The second-order valence-electron chi connectivity index (χ2n) is 3.02. The summed E-state index contributed by atoms with van der Waals surface area (Å²) in [5.74, 6) is -0.892. The first kappa shape index (κ1) is 11.4. The van der Waals surface area contributed by atoms with Crippen LogP contribution in [0.5, 0.6) is 11.5 Å². The number of ketones is 1. The summed E-state index contributed by atoms with van der Waals surface area (Å²) in [7, 11) is 0. The molecule has 0 aliphatic heterocycles. The van der Waals surface area contributed by atoms with Crippen molar-refractivity contribution in [2.24, 2.45) is 0 Å². The first-order valence-electron chi connectivity index (χ1n) is 4.26. The van der Waals surface area contributed by atoms with Crippen LogP contribution in [0.2, 0.25) is 0 Å². The lowest BCUT2D eigenvalue weighted by Crippen LogP contribution is -2.04. The fourth-order valence-electron chi connectivity index (χ4n) is 1.17. The molecule has 1 N–H and O–H groups in total. The van der Waals surface area contributed by atoms with Crippen LogP contribution in [0.3, 0.4) is 0 Å². The normalized spacial score (nSPS) is 10.4. The van der Waals surface area contributed by atoms with Crippen molar-refractivity contribution >= 4 is 5.78 Å². The van der Waals surface area contributed by atoms with Crippen molar-refractivity contribution < 1.29 is 23.4 Å². The maximum atomic E-state index is 11.9. The molecule has 0 aromatic heterocycles. The predicted molar refractivity (Wildman–Crippen MR) is 49.1 cm³/mol. The highest BCUT2D eigenvalue weighted by Gasteiger charge is 2.13. The van der Waals surface area contributed by atoms with Crippen LogP contribution < -0.4 is 4.74 Å². The summed E-state index contributed by atoms with van der Waals surface area (Å²) in [6.07, 6.45) is -0.00767. The molecular formula is C10H10F2O3. The third kappa shape index (κ3) is 3.19. The molecule has 0 amide bonds. The molecule has 0 fully saturated rings. The molecule has 1 aromatic carbocycles. The number of phenolic OH excluding ortho intramolecular Hbond substituents is 1. The Kier molecular flexibility index (Phi) is 3.60. The lowest BCUT2D eigenvalue weighted by Gasteiger charge is -2.09. The second-order valence-corrected chi connectivity index (χ2v) is 3.02. The van der Waals surface area contributed by atoms with Gasteiger partial charge < -0.3 is 9.84 Å². The number of alkyl halides is 2. The lowest BCUT2D eigenvalue weighted by atomic mass is 10.1. The van der Waals surface area contributed by atoms with Crippen LogP contribution in [0.1, 0.15) is 12.5 Å². The highest BCUT2D eigenvalue weighted by atomic mass is 19.3. The van der Waals surface area contributed by atoms with Gasteiger partial charge in [-0.3, -0.25) is 4.79 Å². The van der Waals surface area contributed by atoms with Gasteiger partial charge in [0, 0.05) is 12.0 Å². The van der Waals surface area contributed by atoms with Gasteiger partial charge in [-0.1, -0.05) is 12.1 Å². The van der Waals surface area contributed by atoms with Crippen molar-refractivity contribution in [1.82, 2.24) is 0 Å². The molecule has 0 spiro atoms. The number of para-hydroxylation sites is 1. The number of Topliss-reactive ketones (excluding diaryl/α,β-unsaturated/α-hetero) is 1. The van der Waals surface area contributed by atoms with Gasteiger partial charge in [-0.25, -0.2) is 0 Å². The van der Waals surface area contributed by atoms with Crippen LogP contribution in [0.15, 0.2) is 18.2 Å². The molecule has 0 saturated carbocycles. The Bertz CT molecular complexity index is 364. The average Bonchev–Trinajstić information content (AvgIpc) is 2.10. The molecule has 0 heterocycles. The summed E-state index contributed by atoms with van der Waals surface area (Å²) in [6.45, 7) is -1.65. The summed E-state index contributed by atoms with van der Waals surface area (Å²) < 4.78 is 27.9. The van der Waals surface area contributed by atoms with Gasteiger partial charge in [0.05, 0.1) is 0 Å².